The van der Waals surface area contributed by atoms with Crippen LogP contribution in [0.2, 0.25) is 0 Å². The Labute approximate surface area is 108 Å². The van der Waals surface area contributed by atoms with E-state index in [0.29, 0.717) is 30.4 Å². The van der Waals surface area contributed by atoms with Gasteiger partial charge >= 0.3 is 5.97 Å². The second kappa shape index (κ2) is 4.63. The first-order chi connectivity index (χ1) is 8.51. The van der Waals surface area contributed by atoms with Gasteiger partial charge in [0.15, 0.2) is 0 Å². The van der Waals surface area contributed by atoms with E-state index in [9.17, 15) is 9.90 Å². The van der Waals surface area contributed by atoms with Crippen LogP contribution in [-0.2, 0) is 10.2 Å². The van der Waals surface area contributed by atoms with Crippen molar-refractivity contribution in [2.45, 2.75) is 32.1 Å². The van der Waals surface area contributed by atoms with Gasteiger partial charge in [-0.1, -0.05) is 32.0 Å². The molecular weight excluding hydrogens is 228 g/mol. The summed E-state index contributed by atoms with van der Waals surface area (Å²) in [6.07, 6.45) is 1.42. The topological polar surface area (TPSA) is 46.5 Å². The highest BCUT2D eigenvalue weighted by atomic mass is 16.5. The maximum absolute atomic E-state index is 11.7. The number of aliphatic carboxylic acids is 1. The highest BCUT2D eigenvalue weighted by Gasteiger charge is 2.53. The molecule has 0 radical (unpaired) electrons. The van der Waals surface area contributed by atoms with Crippen molar-refractivity contribution in [1.29, 1.82) is 0 Å². The Bertz CT molecular complexity index is 445. The van der Waals surface area contributed by atoms with E-state index in [1.54, 1.807) is 7.11 Å². The summed E-state index contributed by atoms with van der Waals surface area (Å²) in [6, 6.07) is 7.47. The summed E-state index contributed by atoms with van der Waals surface area (Å²) >= 11 is 0. The van der Waals surface area contributed by atoms with E-state index in [2.05, 4.69) is 13.8 Å². The average Bonchev–Trinajstić information content (AvgIpc) is 2.27. The highest BCUT2D eigenvalue weighted by Crippen LogP contribution is 2.53. The molecule has 0 bridgehead atoms. The lowest BCUT2D eigenvalue weighted by Gasteiger charge is -2.47. The number of rotatable bonds is 4. The number of hydrogen-bond donors (Lipinski definition) is 1. The first kappa shape index (κ1) is 12.9. The lowest BCUT2D eigenvalue weighted by Crippen LogP contribution is -2.49. The number of carboxylic acids is 1. The molecule has 3 heteroatoms. The predicted molar refractivity (Wildman–Crippen MR) is 69.9 cm³/mol. The zero-order valence-corrected chi connectivity index (χ0v) is 11.1. The molecule has 1 fully saturated rings. The van der Waals surface area contributed by atoms with Crippen LogP contribution in [0.5, 0.6) is 5.75 Å². The fraction of sp³-hybridized carbons (Fsp3) is 0.533. The Kier molecular flexibility index (Phi) is 3.33. The lowest BCUT2D eigenvalue weighted by molar-refractivity contribution is -0.150. The van der Waals surface area contributed by atoms with Crippen LogP contribution in [0.3, 0.4) is 0 Å². The van der Waals surface area contributed by atoms with Gasteiger partial charge in [0, 0.05) is 5.56 Å². The van der Waals surface area contributed by atoms with Crippen molar-refractivity contribution in [1.82, 2.24) is 0 Å². The molecule has 0 aromatic heterocycles. The minimum absolute atomic E-state index is 0.492. The molecule has 1 aromatic carbocycles. The first-order valence-corrected chi connectivity index (χ1v) is 6.38. The Morgan fingerprint density at radius 1 is 1.39 bits per heavy atom. The molecule has 0 heterocycles. The second-order valence-corrected chi connectivity index (χ2v) is 5.50. The summed E-state index contributed by atoms with van der Waals surface area (Å²) < 4.78 is 5.31. The minimum atomic E-state index is -0.748. The highest BCUT2D eigenvalue weighted by molar-refractivity contribution is 5.84. The van der Waals surface area contributed by atoms with Crippen LogP contribution < -0.4 is 4.74 Å². The zero-order chi connectivity index (χ0) is 13.3. The molecule has 3 nitrogen and oxygen atoms in total. The smallest absolute Gasteiger partial charge is 0.314 e. The molecular formula is C15H20O3. The molecule has 0 saturated heterocycles. The maximum Gasteiger partial charge on any atom is 0.314 e. The van der Waals surface area contributed by atoms with Crippen LogP contribution in [0.15, 0.2) is 24.3 Å². The lowest BCUT2D eigenvalue weighted by atomic mass is 9.55. The SMILES string of the molecule is COc1ccccc1C1(C(=O)O)CC(C(C)C)C1. The van der Waals surface area contributed by atoms with Crippen LogP contribution in [0, 0.1) is 11.8 Å². The molecule has 1 N–H and O–H groups in total. The predicted octanol–water partition coefficient (Wildman–Crippen LogP) is 3.08. The van der Waals surface area contributed by atoms with Gasteiger partial charge in [-0.2, -0.15) is 0 Å². The van der Waals surface area contributed by atoms with Gasteiger partial charge in [-0.25, -0.2) is 0 Å². The molecule has 0 atom stereocenters. The van der Waals surface area contributed by atoms with Gasteiger partial charge in [0.2, 0.25) is 0 Å². The number of hydrogen-bond acceptors (Lipinski definition) is 2. The number of methoxy groups -OCH3 is 1. The Morgan fingerprint density at radius 3 is 2.50 bits per heavy atom. The number of carbonyl (C=O) groups is 1. The van der Waals surface area contributed by atoms with E-state index in [0.717, 1.165) is 5.56 Å². The van der Waals surface area contributed by atoms with Crippen LogP contribution in [-0.4, -0.2) is 18.2 Å². The third-order valence-corrected chi connectivity index (χ3v) is 4.20. The molecule has 1 saturated carbocycles. The third kappa shape index (κ3) is 1.88. The van der Waals surface area contributed by atoms with Gasteiger partial charge in [0.25, 0.3) is 0 Å². The quantitative estimate of drug-likeness (QED) is 0.890. The number of carboxylic acid groups (broad SMARTS) is 1. The molecule has 0 unspecified atom stereocenters. The summed E-state index contributed by atoms with van der Waals surface area (Å²) in [5, 5.41) is 9.60. The maximum atomic E-state index is 11.7. The number of para-hydroxylation sites is 1. The van der Waals surface area contributed by atoms with Crippen molar-refractivity contribution >= 4 is 5.97 Å². The monoisotopic (exact) mass is 248 g/mol. The summed E-state index contributed by atoms with van der Waals surface area (Å²) in [4.78, 5) is 11.7. The van der Waals surface area contributed by atoms with Crippen LogP contribution in [0.1, 0.15) is 32.3 Å². The van der Waals surface area contributed by atoms with Crippen LogP contribution in [0.4, 0.5) is 0 Å². The molecule has 1 aliphatic rings. The summed E-state index contributed by atoms with van der Waals surface area (Å²) in [7, 11) is 1.59. The zero-order valence-electron chi connectivity index (χ0n) is 11.1. The van der Waals surface area contributed by atoms with E-state index in [1.165, 1.54) is 0 Å². The van der Waals surface area contributed by atoms with Crippen molar-refractivity contribution in [3.05, 3.63) is 29.8 Å². The molecule has 98 valence electrons. The van der Waals surface area contributed by atoms with E-state index < -0.39 is 11.4 Å². The number of benzene rings is 1. The van der Waals surface area contributed by atoms with Gasteiger partial charge in [-0.15, -0.1) is 0 Å². The first-order valence-electron chi connectivity index (χ1n) is 6.38. The largest absolute Gasteiger partial charge is 0.496 e. The van der Waals surface area contributed by atoms with Gasteiger partial charge in [-0.3, -0.25) is 4.79 Å². The average molecular weight is 248 g/mol. The molecule has 0 amide bonds. The van der Waals surface area contributed by atoms with Gasteiger partial charge in [0.05, 0.1) is 12.5 Å². The standard InChI is InChI=1S/C15H20O3/c1-10(2)11-8-15(9-11,14(16)17)12-6-4-5-7-13(12)18-3/h4-7,10-11H,8-9H2,1-3H3,(H,16,17). The summed E-state index contributed by atoms with van der Waals surface area (Å²) in [6.45, 7) is 4.30. The van der Waals surface area contributed by atoms with Crippen molar-refractivity contribution in [3.63, 3.8) is 0 Å². The van der Waals surface area contributed by atoms with E-state index >= 15 is 0 Å². The molecule has 0 spiro atoms. The van der Waals surface area contributed by atoms with E-state index in [4.69, 9.17) is 4.74 Å². The molecule has 0 aliphatic heterocycles. The van der Waals surface area contributed by atoms with Crippen LogP contribution >= 0.6 is 0 Å². The van der Waals surface area contributed by atoms with Gasteiger partial charge < -0.3 is 9.84 Å². The Hall–Kier alpha value is -1.51. The van der Waals surface area contributed by atoms with Crippen molar-refractivity contribution in [2.24, 2.45) is 11.8 Å². The third-order valence-electron chi connectivity index (χ3n) is 4.20. The fourth-order valence-electron chi connectivity index (χ4n) is 2.86. The van der Waals surface area contributed by atoms with Crippen LogP contribution in [0.25, 0.3) is 0 Å². The summed E-state index contributed by atoms with van der Waals surface area (Å²) in [5.41, 5.74) is 0.0681. The Morgan fingerprint density at radius 2 is 2.00 bits per heavy atom. The molecule has 18 heavy (non-hydrogen) atoms. The van der Waals surface area contributed by atoms with Gasteiger partial charge in [0.1, 0.15) is 5.75 Å². The van der Waals surface area contributed by atoms with Crippen molar-refractivity contribution in [3.8, 4) is 5.75 Å². The van der Waals surface area contributed by atoms with Crippen molar-refractivity contribution in [2.75, 3.05) is 7.11 Å². The van der Waals surface area contributed by atoms with Gasteiger partial charge in [-0.05, 0) is 30.7 Å². The molecule has 1 aliphatic carbocycles. The molecule has 2 rings (SSSR count). The number of ether oxygens (including phenoxy) is 1. The second-order valence-electron chi connectivity index (χ2n) is 5.50. The normalized spacial score (nSPS) is 26.8. The Balaban J connectivity index is 2.36. The summed E-state index contributed by atoms with van der Waals surface area (Å²) in [5.74, 6) is 0.976. The fourth-order valence-corrected chi connectivity index (χ4v) is 2.86. The minimum Gasteiger partial charge on any atom is -0.496 e. The van der Waals surface area contributed by atoms with Crippen molar-refractivity contribution < 1.29 is 14.6 Å². The van der Waals surface area contributed by atoms with E-state index in [1.807, 2.05) is 24.3 Å². The molecule has 1 aromatic rings. The van der Waals surface area contributed by atoms with E-state index in [-0.39, 0.29) is 0 Å².